The summed E-state index contributed by atoms with van der Waals surface area (Å²) in [7, 11) is -0.531. The SMILES string of the molecule is CC(C)(C)C(=O)Nc1cccc(B2OC(C)(C)C(C)(C)O2)n1. The van der Waals surface area contributed by atoms with Crippen LogP contribution in [0.3, 0.4) is 0 Å². The fraction of sp³-hybridized carbons (Fsp3) is 0.625. The summed E-state index contributed by atoms with van der Waals surface area (Å²) in [4.78, 5) is 16.5. The minimum atomic E-state index is -0.531. The van der Waals surface area contributed by atoms with Gasteiger partial charge in [0.05, 0.1) is 16.8 Å². The van der Waals surface area contributed by atoms with Crippen LogP contribution >= 0.6 is 0 Å². The molecule has 1 aliphatic rings. The highest BCUT2D eigenvalue weighted by Crippen LogP contribution is 2.36. The van der Waals surface area contributed by atoms with Crippen molar-refractivity contribution in [1.82, 2.24) is 4.98 Å². The molecule has 0 aromatic carbocycles. The summed E-state index contributed by atoms with van der Waals surface area (Å²) < 4.78 is 12.0. The van der Waals surface area contributed by atoms with E-state index < -0.39 is 23.7 Å². The van der Waals surface area contributed by atoms with E-state index in [1.807, 2.05) is 60.6 Å². The summed E-state index contributed by atoms with van der Waals surface area (Å²) in [5, 5.41) is 2.83. The van der Waals surface area contributed by atoms with Crippen LogP contribution in [0.15, 0.2) is 18.2 Å². The summed E-state index contributed by atoms with van der Waals surface area (Å²) >= 11 is 0. The fourth-order valence-electron chi connectivity index (χ4n) is 1.92. The molecular formula is C16H25BN2O3. The van der Waals surface area contributed by atoms with Crippen molar-refractivity contribution in [2.75, 3.05) is 5.32 Å². The standard InChI is InChI=1S/C16H25BN2O3/c1-14(2,3)13(20)19-12-10-8-9-11(18-12)17-21-15(4,5)16(6,7)22-17/h8-10H,1-7H3,(H,18,19,20). The number of carbonyl (C=O) groups excluding carboxylic acids is 1. The van der Waals surface area contributed by atoms with E-state index >= 15 is 0 Å². The van der Waals surface area contributed by atoms with Crippen molar-refractivity contribution in [3.8, 4) is 0 Å². The maximum Gasteiger partial charge on any atom is 0.514 e. The molecule has 0 radical (unpaired) electrons. The molecule has 2 heterocycles. The zero-order valence-electron chi connectivity index (χ0n) is 14.5. The van der Waals surface area contributed by atoms with E-state index in [9.17, 15) is 4.79 Å². The van der Waals surface area contributed by atoms with Gasteiger partial charge in [0.25, 0.3) is 0 Å². The molecule has 1 N–H and O–H groups in total. The predicted molar refractivity (Wildman–Crippen MR) is 88.0 cm³/mol. The summed E-state index contributed by atoms with van der Waals surface area (Å²) in [5.74, 6) is 0.429. The third-order valence-electron chi connectivity index (χ3n) is 4.19. The number of amides is 1. The van der Waals surface area contributed by atoms with E-state index in [1.54, 1.807) is 6.07 Å². The third-order valence-corrected chi connectivity index (χ3v) is 4.19. The zero-order valence-corrected chi connectivity index (χ0v) is 14.5. The molecule has 0 spiro atoms. The number of rotatable bonds is 2. The van der Waals surface area contributed by atoms with Gasteiger partial charge in [0, 0.05) is 5.41 Å². The Hall–Kier alpha value is -1.40. The van der Waals surface area contributed by atoms with Crippen LogP contribution in [0.25, 0.3) is 0 Å². The molecule has 6 heteroatoms. The van der Waals surface area contributed by atoms with Crippen molar-refractivity contribution in [2.45, 2.75) is 59.7 Å². The van der Waals surface area contributed by atoms with Crippen molar-refractivity contribution >= 4 is 24.4 Å². The Labute approximate surface area is 132 Å². The number of nitrogens with zero attached hydrogens (tertiary/aromatic N) is 1. The topological polar surface area (TPSA) is 60.5 Å². The number of anilines is 1. The molecule has 22 heavy (non-hydrogen) atoms. The Bertz CT molecular complexity index is 563. The molecule has 0 atom stereocenters. The third kappa shape index (κ3) is 3.33. The fourth-order valence-corrected chi connectivity index (χ4v) is 1.92. The number of aromatic nitrogens is 1. The van der Waals surface area contributed by atoms with Crippen LogP contribution in [0.2, 0.25) is 0 Å². The van der Waals surface area contributed by atoms with Gasteiger partial charge in [-0.15, -0.1) is 0 Å². The van der Waals surface area contributed by atoms with Gasteiger partial charge in [0.15, 0.2) is 0 Å². The Morgan fingerprint density at radius 1 is 1.14 bits per heavy atom. The van der Waals surface area contributed by atoms with Crippen LogP contribution in [0.5, 0.6) is 0 Å². The molecule has 2 rings (SSSR count). The van der Waals surface area contributed by atoms with Crippen molar-refractivity contribution in [3.63, 3.8) is 0 Å². The van der Waals surface area contributed by atoms with Gasteiger partial charge in [0.2, 0.25) is 5.91 Å². The second-order valence-electron chi connectivity index (χ2n) is 7.74. The Kier molecular flexibility index (Phi) is 4.13. The number of nitrogens with one attached hydrogen (secondary N) is 1. The highest BCUT2D eigenvalue weighted by molar-refractivity contribution is 6.61. The molecule has 1 aromatic rings. The number of pyridine rings is 1. The first kappa shape index (κ1) is 17.0. The molecule has 1 aliphatic heterocycles. The average molecular weight is 304 g/mol. The highest BCUT2D eigenvalue weighted by Gasteiger charge is 2.52. The van der Waals surface area contributed by atoms with Gasteiger partial charge >= 0.3 is 7.12 Å². The normalized spacial score (nSPS) is 20.0. The van der Waals surface area contributed by atoms with E-state index in [1.165, 1.54) is 0 Å². The van der Waals surface area contributed by atoms with Crippen LogP contribution in [-0.2, 0) is 14.1 Å². The second-order valence-corrected chi connectivity index (χ2v) is 7.74. The molecule has 1 amide bonds. The molecule has 0 aliphatic carbocycles. The lowest BCUT2D eigenvalue weighted by Gasteiger charge is -2.32. The van der Waals surface area contributed by atoms with Gasteiger partial charge in [-0.25, -0.2) is 4.98 Å². The van der Waals surface area contributed by atoms with Crippen LogP contribution in [0.1, 0.15) is 48.5 Å². The summed E-state index contributed by atoms with van der Waals surface area (Å²) in [6, 6.07) is 5.44. The molecule has 120 valence electrons. The number of carbonyl (C=O) groups is 1. The van der Waals surface area contributed by atoms with Gasteiger partial charge in [-0.2, -0.15) is 0 Å². The molecule has 1 aromatic heterocycles. The lowest BCUT2D eigenvalue weighted by atomic mass is 9.84. The highest BCUT2D eigenvalue weighted by atomic mass is 16.7. The second kappa shape index (κ2) is 5.35. The number of hydrogen-bond acceptors (Lipinski definition) is 4. The maximum absolute atomic E-state index is 12.1. The van der Waals surface area contributed by atoms with Gasteiger partial charge in [-0.3, -0.25) is 4.79 Å². The molecule has 0 saturated carbocycles. The van der Waals surface area contributed by atoms with Crippen LogP contribution in [-0.4, -0.2) is 29.2 Å². The molecule has 5 nitrogen and oxygen atoms in total. The lowest BCUT2D eigenvalue weighted by molar-refractivity contribution is -0.123. The monoisotopic (exact) mass is 304 g/mol. The Balaban J connectivity index is 2.18. The van der Waals surface area contributed by atoms with Crippen LogP contribution in [0.4, 0.5) is 5.82 Å². The Morgan fingerprint density at radius 3 is 2.18 bits per heavy atom. The molecule has 1 fully saturated rings. The first-order valence-corrected chi connectivity index (χ1v) is 7.56. The molecule has 0 unspecified atom stereocenters. The van der Waals surface area contributed by atoms with Gasteiger partial charge in [-0.1, -0.05) is 26.8 Å². The van der Waals surface area contributed by atoms with Crippen LogP contribution in [0, 0.1) is 5.41 Å². The largest absolute Gasteiger partial charge is 0.514 e. The van der Waals surface area contributed by atoms with Crippen molar-refractivity contribution in [1.29, 1.82) is 0 Å². The average Bonchev–Trinajstić information content (AvgIpc) is 2.57. The smallest absolute Gasteiger partial charge is 0.398 e. The zero-order chi connectivity index (χ0) is 16.8. The summed E-state index contributed by atoms with van der Waals surface area (Å²) in [5.41, 5.74) is -0.638. The summed E-state index contributed by atoms with van der Waals surface area (Å²) in [6.07, 6.45) is 0. The lowest BCUT2D eigenvalue weighted by Crippen LogP contribution is -2.41. The van der Waals surface area contributed by atoms with E-state index in [4.69, 9.17) is 9.31 Å². The quantitative estimate of drug-likeness (QED) is 0.852. The van der Waals surface area contributed by atoms with Crippen molar-refractivity contribution < 1.29 is 14.1 Å². The van der Waals surface area contributed by atoms with Gasteiger partial charge in [-0.05, 0) is 39.8 Å². The molecule has 1 saturated heterocycles. The first-order chi connectivity index (χ1) is 9.92. The van der Waals surface area contributed by atoms with Crippen LogP contribution < -0.4 is 10.9 Å². The minimum absolute atomic E-state index is 0.0777. The van der Waals surface area contributed by atoms with Crippen molar-refractivity contribution in [3.05, 3.63) is 18.2 Å². The van der Waals surface area contributed by atoms with E-state index in [0.717, 1.165) is 0 Å². The van der Waals surface area contributed by atoms with Gasteiger partial charge < -0.3 is 14.6 Å². The van der Waals surface area contributed by atoms with E-state index in [0.29, 0.717) is 11.4 Å². The minimum Gasteiger partial charge on any atom is -0.398 e. The maximum atomic E-state index is 12.1. The van der Waals surface area contributed by atoms with Crippen molar-refractivity contribution in [2.24, 2.45) is 5.41 Å². The predicted octanol–water partition coefficient (Wildman–Crippen LogP) is 2.37. The van der Waals surface area contributed by atoms with E-state index in [-0.39, 0.29) is 5.91 Å². The van der Waals surface area contributed by atoms with Gasteiger partial charge in [0.1, 0.15) is 5.82 Å². The number of hydrogen-bond donors (Lipinski definition) is 1. The molecular weight excluding hydrogens is 279 g/mol. The summed E-state index contributed by atoms with van der Waals surface area (Å²) in [6.45, 7) is 13.6. The van der Waals surface area contributed by atoms with E-state index in [2.05, 4.69) is 10.3 Å². The molecule has 0 bridgehead atoms. The first-order valence-electron chi connectivity index (χ1n) is 7.56. The Morgan fingerprint density at radius 2 is 1.68 bits per heavy atom.